The van der Waals surface area contributed by atoms with Crippen LogP contribution in [-0.2, 0) is 6.54 Å². The predicted molar refractivity (Wildman–Crippen MR) is 77.9 cm³/mol. The summed E-state index contributed by atoms with van der Waals surface area (Å²) in [5, 5.41) is 2.56. The predicted octanol–water partition coefficient (Wildman–Crippen LogP) is 4.80. The molecule has 2 aromatic carbocycles. The molecule has 0 saturated carbocycles. The molecule has 1 heterocycles. The fraction of sp³-hybridized carbons (Fsp3) is 0.143. The smallest absolute Gasteiger partial charge is 0.0492 e. The highest BCUT2D eigenvalue weighted by molar-refractivity contribution is 9.10. The van der Waals surface area contributed by atoms with Gasteiger partial charge in [0.15, 0.2) is 0 Å². The molecule has 3 heteroatoms. The third-order valence-corrected chi connectivity index (χ3v) is 3.70. The van der Waals surface area contributed by atoms with Crippen LogP contribution in [0.5, 0.6) is 0 Å². The van der Waals surface area contributed by atoms with Gasteiger partial charge in [-0.2, -0.15) is 0 Å². The molecule has 0 aliphatic carbocycles. The third kappa shape index (κ3) is 1.76. The minimum Gasteiger partial charge on any atom is -0.339 e. The molecule has 0 radical (unpaired) electrons. The van der Waals surface area contributed by atoms with E-state index in [0.717, 1.165) is 11.0 Å². The summed E-state index contributed by atoms with van der Waals surface area (Å²) in [6, 6.07) is 14.8. The first-order valence-electron chi connectivity index (χ1n) is 5.54. The lowest BCUT2D eigenvalue weighted by Gasteiger charge is -2.03. The van der Waals surface area contributed by atoms with Crippen LogP contribution in [0.2, 0.25) is 0 Å². The van der Waals surface area contributed by atoms with Crippen LogP contribution in [0.25, 0.3) is 21.8 Å². The Morgan fingerprint density at radius 3 is 2.59 bits per heavy atom. The van der Waals surface area contributed by atoms with E-state index in [1.165, 1.54) is 21.8 Å². The van der Waals surface area contributed by atoms with E-state index in [9.17, 15) is 0 Å². The van der Waals surface area contributed by atoms with Crippen LogP contribution >= 0.6 is 27.5 Å². The normalized spacial score (nSPS) is 11.4. The average molecular weight is 309 g/mol. The first-order valence-corrected chi connectivity index (χ1v) is 6.86. The van der Waals surface area contributed by atoms with Crippen molar-refractivity contribution < 1.29 is 0 Å². The maximum absolute atomic E-state index is 5.89. The van der Waals surface area contributed by atoms with Crippen molar-refractivity contribution in [3.63, 3.8) is 0 Å². The summed E-state index contributed by atoms with van der Waals surface area (Å²) in [6.45, 7) is 0.840. The number of para-hydroxylation sites is 1. The number of benzene rings is 2. The second kappa shape index (κ2) is 4.35. The molecule has 0 saturated heterocycles. The second-order valence-electron chi connectivity index (χ2n) is 4.02. The van der Waals surface area contributed by atoms with Crippen LogP contribution in [-0.4, -0.2) is 10.4 Å². The molecule has 0 amide bonds. The molecule has 86 valence electrons. The zero-order valence-corrected chi connectivity index (χ0v) is 11.5. The lowest BCUT2D eigenvalue weighted by Crippen LogP contribution is -1.97. The summed E-state index contributed by atoms with van der Waals surface area (Å²) in [7, 11) is 0. The molecule has 1 nitrogen and oxygen atoms in total. The Morgan fingerprint density at radius 2 is 1.76 bits per heavy atom. The van der Waals surface area contributed by atoms with Crippen molar-refractivity contribution in [2.75, 3.05) is 5.88 Å². The van der Waals surface area contributed by atoms with Crippen LogP contribution in [0.15, 0.2) is 46.9 Å². The lowest BCUT2D eigenvalue weighted by atomic mass is 10.2. The Kier molecular flexibility index (Phi) is 2.85. The van der Waals surface area contributed by atoms with Gasteiger partial charge in [-0.05, 0) is 24.3 Å². The lowest BCUT2D eigenvalue weighted by molar-refractivity contribution is 0.834. The number of fused-ring (bicyclic) bond motifs is 3. The van der Waals surface area contributed by atoms with Gasteiger partial charge in [-0.15, -0.1) is 11.6 Å². The molecule has 1 aromatic heterocycles. The highest BCUT2D eigenvalue weighted by atomic mass is 79.9. The molecule has 0 spiro atoms. The van der Waals surface area contributed by atoms with Gasteiger partial charge in [0, 0.05) is 38.7 Å². The number of aryl methyl sites for hydroxylation is 1. The van der Waals surface area contributed by atoms with E-state index < -0.39 is 0 Å². The molecule has 0 aliphatic heterocycles. The van der Waals surface area contributed by atoms with Gasteiger partial charge in [-0.25, -0.2) is 0 Å². The number of hydrogen-bond donors (Lipinski definition) is 0. The number of hydrogen-bond acceptors (Lipinski definition) is 0. The van der Waals surface area contributed by atoms with Crippen molar-refractivity contribution in [2.24, 2.45) is 0 Å². The molecule has 0 unspecified atom stereocenters. The summed E-state index contributed by atoms with van der Waals surface area (Å²) in [4.78, 5) is 0. The molecule has 17 heavy (non-hydrogen) atoms. The standard InChI is InChI=1S/C14H11BrClN/c15-10-5-6-14-12(9-10)11-3-1-2-4-13(11)17(14)8-7-16/h1-6,9H,7-8H2. The quantitative estimate of drug-likeness (QED) is 0.600. The van der Waals surface area contributed by atoms with Crippen LogP contribution in [0.3, 0.4) is 0 Å². The number of nitrogens with zero attached hydrogens (tertiary/aromatic N) is 1. The van der Waals surface area contributed by atoms with Gasteiger partial charge in [0.05, 0.1) is 0 Å². The summed E-state index contributed by atoms with van der Waals surface area (Å²) in [6.07, 6.45) is 0. The Balaban J connectivity index is 2.48. The Labute approximate surface area is 113 Å². The highest BCUT2D eigenvalue weighted by Crippen LogP contribution is 2.30. The molecular formula is C14H11BrClN. The third-order valence-electron chi connectivity index (χ3n) is 3.04. The zero-order valence-electron chi connectivity index (χ0n) is 9.16. The van der Waals surface area contributed by atoms with Crippen molar-refractivity contribution >= 4 is 49.3 Å². The van der Waals surface area contributed by atoms with E-state index in [1.54, 1.807) is 0 Å². The molecule has 0 bridgehead atoms. The van der Waals surface area contributed by atoms with Crippen LogP contribution in [0.4, 0.5) is 0 Å². The molecular weight excluding hydrogens is 298 g/mol. The largest absolute Gasteiger partial charge is 0.339 e. The fourth-order valence-corrected chi connectivity index (χ4v) is 2.88. The molecule has 3 rings (SSSR count). The van der Waals surface area contributed by atoms with Crippen molar-refractivity contribution in [1.29, 1.82) is 0 Å². The van der Waals surface area contributed by atoms with E-state index in [1.807, 2.05) is 0 Å². The van der Waals surface area contributed by atoms with E-state index in [0.29, 0.717) is 5.88 Å². The Bertz CT molecular complexity index is 687. The molecule has 0 atom stereocenters. The molecule has 0 fully saturated rings. The monoisotopic (exact) mass is 307 g/mol. The van der Waals surface area contributed by atoms with Gasteiger partial charge in [0.1, 0.15) is 0 Å². The topological polar surface area (TPSA) is 4.93 Å². The maximum Gasteiger partial charge on any atom is 0.0492 e. The SMILES string of the molecule is ClCCn1c2ccccc2c2cc(Br)ccc21. The fourth-order valence-electron chi connectivity index (χ4n) is 2.35. The number of alkyl halides is 1. The van der Waals surface area contributed by atoms with Gasteiger partial charge in [-0.1, -0.05) is 34.1 Å². The van der Waals surface area contributed by atoms with Crippen molar-refractivity contribution in [3.8, 4) is 0 Å². The molecule has 3 aromatic rings. The molecule has 0 aliphatic rings. The second-order valence-corrected chi connectivity index (χ2v) is 5.31. The van der Waals surface area contributed by atoms with Crippen LogP contribution < -0.4 is 0 Å². The summed E-state index contributed by atoms with van der Waals surface area (Å²) in [5.74, 6) is 0.629. The average Bonchev–Trinajstić information content (AvgIpc) is 2.65. The van der Waals surface area contributed by atoms with Gasteiger partial charge in [0.25, 0.3) is 0 Å². The first kappa shape index (κ1) is 11.1. The van der Waals surface area contributed by atoms with E-state index in [2.05, 4.69) is 63.0 Å². The summed E-state index contributed by atoms with van der Waals surface area (Å²) >= 11 is 9.43. The maximum atomic E-state index is 5.89. The van der Waals surface area contributed by atoms with Crippen LogP contribution in [0.1, 0.15) is 0 Å². The van der Waals surface area contributed by atoms with E-state index >= 15 is 0 Å². The van der Waals surface area contributed by atoms with Gasteiger partial charge in [-0.3, -0.25) is 0 Å². The number of aromatic nitrogens is 1. The zero-order chi connectivity index (χ0) is 11.8. The van der Waals surface area contributed by atoms with Gasteiger partial charge < -0.3 is 4.57 Å². The Hall–Kier alpha value is -0.990. The van der Waals surface area contributed by atoms with Crippen molar-refractivity contribution in [2.45, 2.75) is 6.54 Å². The Morgan fingerprint density at radius 1 is 1.00 bits per heavy atom. The summed E-state index contributed by atoms with van der Waals surface area (Å²) in [5.41, 5.74) is 2.50. The van der Waals surface area contributed by atoms with E-state index in [-0.39, 0.29) is 0 Å². The summed E-state index contributed by atoms with van der Waals surface area (Å²) < 4.78 is 3.39. The first-order chi connectivity index (χ1) is 8.31. The van der Waals surface area contributed by atoms with Gasteiger partial charge >= 0.3 is 0 Å². The number of halogens is 2. The minimum atomic E-state index is 0.629. The minimum absolute atomic E-state index is 0.629. The molecule has 0 N–H and O–H groups in total. The van der Waals surface area contributed by atoms with Crippen molar-refractivity contribution in [1.82, 2.24) is 4.57 Å². The van der Waals surface area contributed by atoms with Crippen molar-refractivity contribution in [3.05, 3.63) is 46.9 Å². The number of rotatable bonds is 2. The highest BCUT2D eigenvalue weighted by Gasteiger charge is 2.09. The van der Waals surface area contributed by atoms with Gasteiger partial charge in [0.2, 0.25) is 0 Å². The van der Waals surface area contributed by atoms with E-state index in [4.69, 9.17) is 11.6 Å². The van der Waals surface area contributed by atoms with Crippen LogP contribution in [0, 0.1) is 0 Å².